The summed E-state index contributed by atoms with van der Waals surface area (Å²) in [5.41, 5.74) is 0.962. The molecule has 0 radical (unpaired) electrons. The van der Waals surface area contributed by atoms with E-state index in [1.807, 2.05) is 11.8 Å². The number of hydrogen-bond acceptors (Lipinski definition) is 2. The summed E-state index contributed by atoms with van der Waals surface area (Å²) in [5.74, 6) is 1.72. The SMILES string of the molecule is CC1C=C(C=O)C(C)SC1. The molecule has 0 bridgehead atoms. The Morgan fingerprint density at radius 1 is 1.70 bits per heavy atom. The molecule has 56 valence electrons. The van der Waals surface area contributed by atoms with Crippen LogP contribution in [0.5, 0.6) is 0 Å². The van der Waals surface area contributed by atoms with Gasteiger partial charge in [-0.05, 0) is 18.6 Å². The van der Waals surface area contributed by atoms with E-state index in [-0.39, 0.29) is 0 Å². The summed E-state index contributed by atoms with van der Waals surface area (Å²) in [7, 11) is 0. The van der Waals surface area contributed by atoms with Crippen molar-refractivity contribution in [2.24, 2.45) is 5.92 Å². The highest BCUT2D eigenvalue weighted by atomic mass is 32.2. The molecule has 0 aromatic heterocycles. The van der Waals surface area contributed by atoms with Gasteiger partial charge in [0.15, 0.2) is 0 Å². The largest absolute Gasteiger partial charge is 0.298 e. The molecule has 1 aliphatic rings. The number of thioether (sulfide) groups is 1. The van der Waals surface area contributed by atoms with Crippen LogP contribution < -0.4 is 0 Å². The van der Waals surface area contributed by atoms with Crippen molar-refractivity contribution in [2.75, 3.05) is 5.75 Å². The Hall–Kier alpha value is -0.240. The molecule has 1 nitrogen and oxygen atoms in total. The Balaban J connectivity index is 2.71. The third-order valence-electron chi connectivity index (χ3n) is 1.69. The van der Waals surface area contributed by atoms with Crippen molar-refractivity contribution in [3.8, 4) is 0 Å². The van der Waals surface area contributed by atoms with Gasteiger partial charge in [0, 0.05) is 10.8 Å². The predicted molar refractivity (Wildman–Crippen MR) is 45.2 cm³/mol. The highest BCUT2D eigenvalue weighted by Crippen LogP contribution is 2.27. The third kappa shape index (κ3) is 1.63. The molecule has 2 atom stereocenters. The van der Waals surface area contributed by atoms with Crippen LogP contribution in [-0.2, 0) is 4.79 Å². The van der Waals surface area contributed by atoms with Crippen LogP contribution in [0.25, 0.3) is 0 Å². The Morgan fingerprint density at radius 2 is 2.40 bits per heavy atom. The van der Waals surface area contributed by atoms with Gasteiger partial charge >= 0.3 is 0 Å². The molecule has 0 fully saturated rings. The van der Waals surface area contributed by atoms with Crippen LogP contribution in [0.4, 0.5) is 0 Å². The zero-order chi connectivity index (χ0) is 7.56. The van der Waals surface area contributed by atoms with Crippen molar-refractivity contribution in [3.63, 3.8) is 0 Å². The van der Waals surface area contributed by atoms with Gasteiger partial charge in [-0.15, -0.1) is 0 Å². The maximum absolute atomic E-state index is 10.4. The average Bonchev–Trinajstić information content (AvgIpc) is 1.94. The van der Waals surface area contributed by atoms with Gasteiger partial charge in [0.1, 0.15) is 6.29 Å². The van der Waals surface area contributed by atoms with Crippen LogP contribution in [0.1, 0.15) is 13.8 Å². The van der Waals surface area contributed by atoms with Crippen molar-refractivity contribution < 1.29 is 4.79 Å². The van der Waals surface area contributed by atoms with E-state index in [4.69, 9.17) is 0 Å². The van der Waals surface area contributed by atoms with Gasteiger partial charge in [-0.1, -0.05) is 13.0 Å². The highest BCUT2D eigenvalue weighted by molar-refractivity contribution is 8.00. The first-order chi connectivity index (χ1) is 4.74. The smallest absolute Gasteiger partial charge is 0.146 e. The quantitative estimate of drug-likeness (QED) is 0.539. The molecule has 0 saturated carbocycles. The van der Waals surface area contributed by atoms with Crippen LogP contribution in [0, 0.1) is 5.92 Å². The lowest BCUT2D eigenvalue weighted by Crippen LogP contribution is -2.13. The lowest BCUT2D eigenvalue weighted by atomic mass is 10.1. The van der Waals surface area contributed by atoms with Crippen LogP contribution in [0.3, 0.4) is 0 Å². The molecule has 0 saturated heterocycles. The van der Waals surface area contributed by atoms with Crippen molar-refractivity contribution in [3.05, 3.63) is 11.6 Å². The predicted octanol–water partition coefficient (Wildman–Crippen LogP) is 1.88. The van der Waals surface area contributed by atoms with E-state index in [9.17, 15) is 4.79 Å². The second-order valence-corrected chi connectivity index (χ2v) is 4.11. The van der Waals surface area contributed by atoms with Gasteiger partial charge in [0.05, 0.1) is 0 Å². The molecule has 0 amide bonds. The van der Waals surface area contributed by atoms with E-state index in [0.717, 1.165) is 17.6 Å². The summed E-state index contributed by atoms with van der Waals surface area (Å²) in [4.78, 5) is 10.4. The highest BCUT2D eigenvalue weighted by Gasteiger charge is 2.15. The summed E-state index contributed by atoms with van der Waals surface area (Å²) in [6, 6.07) is 0. The summed E-state index contributed by atoms with van der Waals surface area (Å²) in [5, 5.41) is 0.411. The number of carbonyl (C=O) groups is 1. The molecular weight excluding hydrogens is 144 g/mol. The Bertz CT molecular complexity index is 163. The minimum atomic E-state index is 0.411. The molecule has 2 heteroatoms. The van der Waals surface area contributed by atoms with Crippen LogP contribution in [0.15, 0.2) is 11.6 Å². The van der Waals surface area contributed by atoms with Gasteiger partial charge in [-0.2, -0.15) is 11.8 Å². The van der Waals surface area contributed by atoms with E-state index >= 15 is 0 Å². The first kappa shape index (κ1) is 7.86. The maximum atomic E-state index is 10.4. The molecule has 0 spiro atoms. The first-order valence-corrected chi connectivity index (χ1v) is 4.57. The van der Waals surface area contributed by atoms with Crippen molar-refractivity contribution in [2.45, 2.75) is 19.1 Å². The van der Waals surface area contributed by atoms with Crippen molar-refractivity contribution >= 4 is 18.0 Å². The molecule has 10 heavy (non-hydrogen) atoms. The number of rotatable bonds is 1. The van der Waals surface area contributed by atoms with E-state index < -0.39 is 0 Å². The normalized spacial score (nSPS) is 33.2. The molecule has 2 unspecified atom stereocenters. The average molecular weight is 156 g/mol. The van der Waals surface area contributed by atoms with Gasteiger partial charge in [-0.25, -0.2) is 0 Å². The summed E-state index contributed by atoms with van der Waals surface area (Å²) >= 11 is 1.86. The van der Waals surface area contributed by atoms with E-state index in [2.05, 4.69) is 19.9 Å². The van der Waals surface area contributed by atoms with Gasteiger partial charge in [0.25, 0.3) is 0 Å². The summed E-state index contributed by atoms with van der Waals surface area (Å²) in [6.07, 6.45) is 3.06. The summed E-state index contributed by atoms with van der Waals surface area (Å²) in [6.45, 7) is 4.22. The van der Waals surface area contributed by atoms with E-state index in [1.165, 1.54) is 0 Å². The molecule has 1 rings (SSSR count). The first-order valence-electron chi connectivity index (χ1n) is 3.52. The Labute approximate surface area is 65.9 Å². The maximum Gasteiger partial charge on any atom is 0.146 e. The van der Waals surface area contributed by atoms with E-state index in [1.54, 1.807) is 0 Å². The number of carbonyl (C=O) groups excluding carboxylic acids is 1. The fourth-order valence-corrected chi connectivity index (χ4v) is 2.05. The van der Waals surface area contributed by atoms with Gasteiger partial charge in [0.2, 0.25) is 0 Å². The van der Waals surface area contributed by atoms with Crippen LogP contribution in [-0.4, -0.2) is 17.3 Å². The van der Waals surface area contributed by atoms with Crippen LogP contribution in [0.2, 0.25) is 0 Å². The number of allylic oxidation sites excluding steroid dienone is 1. The molecular formula is C8H12OS. The van der Waals surface area contributed by atoms with E-state index in [0.29, 0.717) is 11.2 Å². The standard InChI is InChI=1S/C8H12OS/c1-6-3-8(4-9)7(2)10-5-6/h3-4,6-7H,5H2,1-2H3. The second kappa shape index (κ2) is 3.24. The van der Waals surface area contributed by atoms with Crippen molar-refractivity contribution in [1.29, 1.82) is 0 Å². The summed E-state index contributed by atoms with van der Waals surface area (Å²) < 4.78 is 0. The molecule has 0 aromatic carbocycles. The number of hydrogen-bond donors (Lipinski definition) is 0. The second-order valence-electron chi connectivity index (χ2n) is 2.74. The van der Waals surface area contributed by atoms with Crippen LogP contribution >= 0.6 is 11.8 Å². The lowest BCUT2D eigenvalue weighted by Gasteiger charge is -2.19. The lowest BCUT2D eigenvalue weighted by molar-refractivity contribution is -0.105. The van der Waals surface area contributed by atoms with Gasteiger partial charge < -0.3 is 0 Å². The topological polar surface area (TPSA) is 17.1 Å². The van der Waals surface area contributed by atoms with Crippen molar-refractivity contribution in [1.82, 2.24) is 0 Å². The molecule has 0 aliphatic carbocycles. The monoisotopic (exact) mass is 156 g/mol. The minimum Gasteiger partial charge on any atom is -0.298 e. The zero-order valence-corrected chi connectivity index (χ0v) is 7.15. The van der Waals surface area contributed by atoms with Gasteiger partial charge in [-0.3, -0.25) is 4.79 Å². The molecule has 1 aliphatic heterocycles. The fourth-order valence-electron chi connectivity index (χ4n) is 1.04. The third-order valence-corrected chi connectivity index (χ3v) is 3.18. The zero-order valence-electron chi connectivity index (χ0n) is 6.33. The Morgan fingerprint density at radius 3 is 2.90 bits per heavy atom. The fraction of sp³-hybridized carbons (Fsp3) is 0.625. The Kier molecular flexibility index (Phi) is 2.55. The number of aldehydes is 1. The molecule has 0 aromatic rings. The molecule has 0 N–H and O–H groups in total. The molecule has 1 heterocycles. The minimum absolute atomic E-state index is 0.411.